The zero-order chi connectivity index (χ0) is 31.1. The number of carbonyl (C=O) groups is 2. The normalized spacial score (nSPS) is 24.0. The van der Waals surface area contributed by atoms with Crippen molar-refractivity contribution in [3.63, 3.8) is 0 Å². The van der Waals surface area contributed by atoms with Gasteiger partial charge in [0.05, 0.1) is 18.3 Å². The predicted octanol–water partition coefficient (Wildman–Crippen LogP) is 4.39. The highest BCUT2D eigenvalue weighted by Crippen LogP contribution is 2.33. The highest BCUT2D eigenvalue weighted by Gasteiger charge is 2.46. The number of dihydropyridines is 1. The molecule has 44 heavy (non-hydrogen) atoms. The number of benzene rings is 1. The van der Waals surface area contributed by atoms with E-state index in [1.54, 1.807) is 11.9 Å². The lowest BCUT2D eigenvalue weighted by Gasteiger charge is -2.51. The minimum atomic E-state index is -0.533. The lowest BCUT2D eigenvalue weighted by molar-refractivity contribution is -0.141. The van der Waals surface area contributed by atoms with E-state index in [0.29, 0.717) is 25.2 Å². The van der Waals surface area contributed by atoms with Gasteiger partial charge in [0.15, 0.2) is 0 Å². The van der Waals surface area contributed by atoms with Gasteiger partial charge >= 0.3 is 0 Å². The summed E-state index contributed by atoms with van der Waals surface area (Å²) in [4.78, 5) is 40.5. The molecule has 0 spiro atoms. The zero-order valence-corrected chi connectivity index (χ0v) is 25.5. The number of allylic oxidation sites excluding steroid dienone is 2. The smallest absolute Gasteiger partial charge is 0.253 e. The van der Waals surface area contributed by atoms with Crippen LogP contribution in [0.2, 0.25) is 0 Å². The number of piperazine rings is 2. The van der Waals surface area contributed by atoms with Crippen LogP contribution in [0.1, 0.15) is 55.8 Å². The quantitative estimate of drug-likeness (QED) is 0.184. The Bertz CT molecular complexity index is 1350. The predicted molar refractivity (Wildman–Crippen MR) is 168 cm³/mol. The number of carbonyl (C=O) groups excluding carboxylic acids is 2. The maximum Gasteiger partial charge on any atom is 0.253 e. The Morgan fingerprint density at radius 1 is 1.02 bits per heavy atom. The van der Waals surface area contributed by atoms with Gasteiger partial charge in [-0.2, -0.15) is 0 Å². The molecule has 5 rings (SSSR count). The van der Waals surface area contributed by atoms with E-state index >= 15 is 0 Å². The van der Waals surface area contributed by atoms with Gasteiger partial charge in [0.25, 0.3) is 5.91 Å². The summed E-state index contributed by atoms with van der Waals surface area (Å²) in [6, 6.07) is 7.30. The summed E-state index contributed by atoms with van der Waals surface area (Å²) >= 11 is 0. The molecule has 1 saturated carbocycles. The molecule has 2 saturated heterocycles. The van der Waals surface area contributed by atoms with Crippen molar-refractivity contribution in [2.45, 2.75) is 69.7 Å². The Hall–Kier alpha value is -4.22. The number of rotatable bonds is 9. The molecule has 0 radical (unpaired) electrons. The van der Waals surface area contributed by atoms with Gasteiger partial charge in [0.1, 0.15) is 12.0 Å². The average Bonchev–Trinajstić information content (AvgIpc) is 3.34. The molecular weight excluding hydrogens is 560 g/mol. The molecule has 3 heterocycles. The number of hydrogen-bond acceptors (Lipinski definition) is 8. The summed E-state index contributed by atoms with van der Waals surface area (Å²) in [6.45, 7) is 5.29. The number of hydrogen-bond donors (Lipinski definition) is 2. The molecule has 1 aromatic carbocycles. The van der Waals surface area contributed by atoms with Gasteiger partial charge in [-0.3, -0.25) is 19.4 Å². The van der Waals surface area contributed by atoms with Crippen LogP contribution in [0.15, 0.2) is 58.2 Å². The fourth-order valence-corrected chi connectivity index (χ4v) is 6.77. The molecular formula is C30H42N12O2. The van der Waals surface area contributed by atoms with Crippen molar-refractivity contribution < 1.29 is 9.59 Å². The van der Waals surface area contributed by atoms with Crippen LogP contribution in [0.25, 0.3) is 20.9 Å². The Balaban J connectivity index is 1.25. The molecule has 4 aliphatic rings. The van der Waals surface area contributed by atoms with E-state index in [2.05, 4.69) is 40.5 Å². The Kier molecular flexibility index (Phi) is 10.3. The van der Waals surface area contributed by atoms with Crippen molar-refractivity contribution >= 4 is 17.5 Å². The first-order valence-corrected chi connectivity index (χ1v) is 15.6. The fraction of sp³-hybridized carbons (Fsp3) is 0.600. The summed E-state index contributed by atoms with van der Waals surface area (Å²) < 4.78 is 0. The second-order valence-electron chi connectivity index (χ2n) is 11.9. The number of azide groups is 2. The van der Waals surface area contributed by atoms with Crippen LogP contribution in [-0.4, -0.2) is 102 Å². The second kappa shape index (κ2) is 14.5. The molecule has 3 fully saturated rings. The lowest BCUT2D eigenvalue weighted by Crippen LogP contribution is -2.67. The molecule has 3 atom stereocenters. The van der Waals surface area contributed by atoms with Crippen LogP contribution >= 0.6 is 0 Å². The molecule has 3 aliphatic heterocycles. The van der Waals surface area contributed by atoms with Crippen molar-refractivity contribution in [2.75, 3.05) is 51.6 Å². The minimum absolute atomic E-state index is 0.00139. The van der Waals surface area contributed by atoms with Gasteiger partial charge in [0.2, 0.25) is 5.91 Å². The number of likely N-dealkylation sites (N-methyl/N-ethyl adjacent to an activating group) is 1. The number of nitrogens with one attached hydrogen (secondary N) is 2. The first-order chi connectivity index (χ1) is 21.4. The van der Waals surface area contributed by atoms with E-state index in [-0.39, 0.29) is 36.6 Å². The second-order valence-corrected chi connectivity index (χ2v) is 11.9. The molecule has 0 bridgehead atoms. The molecule has 234 valence electrons. The van der Waals surface area contributed by atoms with E-state index in [4.69, 9.17) is 11.1 Å². The maximum atomic E-state index is 13.4. The number of amides is 2. The number of fused-ring (bicyclic) bond motifs is 1. The summed E-state index contributed by atoms with van der Waals surface area (Å²) in [7, 11) is 1.78. The third-order valence-electron chi connectivity index (χ3n) is 9.26. The van der Waals surface area contributed by atoms with E-state index in [0.717, 1.165) is 56.0 Å². The van der Waals surface area contributed by atoms with Gasteiger partial charge in [-0.25, -0.2) is 0 Å². The fourth-order valence-electron chi connectivity index (χ4n) is 6.77. The highest BCUT2D eigenvalue weighted by atomic mass is 16.2. The van der Waals surface area contributed by atoms with Crippen LogP contribution in [0.5, 0.6) is 0 Å². The van der Waals surface area contributed by atoms with Gasteiger partial charge in [-0.05, 0) is 67.2 Å². The van der Waals surface area contributed by atoms with Crippen LogP contribution in [-0.2, 0) is 4.79 Å². The van der Waals surface area contributed by atoms with Gasteiger partial charge in [-0.15, -0.1) is 0 Å². The van der Waals surface area contributed by atoms with Crippen LogP contribution in [0.3, 0.4) is 0 Å². The molecule has 14 heteroatoms. The molecule has 14 nitrogen and oxygen atoms in total. The summed E-state index contributed by atoms with van der Waals surface area (Å²) in [6.07, 6.45) is 10.3. The standard InChI is InChI=1S/C30H42N12O2/c1-21(19-33-37-31)40-15-17-41(18-16-40)29(43)22-9-11-23(12-10-22)35-27-14-13-25-28(36-27)42(24-7-5-3-4-6-8-24)26(20-34-38-32)30(44)39(25)2/h9-14,21,24,26,28,35-36H,3-8,15-20H2,1-2H3/t21?,26-,28?/m1/s1. The van der Waals surface area contributed by atoms with Crippen molar-refractivity contribution in [3.8, 4) is 0 Å². The monoisotopic (exact) mass is 602 g/mol. The molecule has 1 aromatic rings. The first kappa shape index (κ1) is 31.2. The third kappa shape index (κ3) is 6.95. The Morgan fingerprint density at radius 2 is 1.70 bits per heavy atom. The molecule has 1 aliphatic carbocycles. The van der Waals surface area contributed by atoms with Crippen LogP contribution < -0.4 is 10.6 Å². The summed E-state index contributed by atoms with van der Waals surface area (Å²) in [5, 5.41) is 14.5. The largest absolute Gasteiger partial charge is 0.351 e. The van der Waals surface area contributed by atoms with Crippen molar-refractivity contribution in [3.05, 3.63) is 74.4 Å². The molecule has 0 aromatic heterocycles. The molecule has 2 N–H and O–H groups in total. The summed E-state index contributed by atoms with van der Waals surface area (Å²) in [5.41, 5.74) is 20.0. The zero-order valence-electron chi connectivity index (χ0n) is 25.5. The average molecular weight is 603 g/mol. The van der Waals surface area contributed by atoms with Crippen LogP contribution in [0, 0.1) is 0 Å². The van der Waals surface area contributed by atoms with Crippen molar-refractivity contribution in [1.29, 1.82) is 0 Å². The maximum absolute atomic E-state index is 13.4. The molecule has 2 amide bonds. The molecule has 2 unspecified atom stereocenters. The third-order valence-corrected chi connectivity index (χ3v) is 9.26. The van der Waals surface area contributed by atoms with Gasteiger partial charge in [0, 0.05) is 72.9 Å². The van der Waals surface area contributed by atoms with E-state index in [9.17, 15) is 9.59 Å². The summed E-state index contributed by atoms with van der Waals surface area (Å²) in [5.74, 6) is 0.731. The Labute approximate surface area is 258 Å². The van der Waals surface area contributed by atoms with E-state index in [1.807, 2.05) is 48.2 Å². The van der Waals surface area contributed by atoms with Crippen molar-refractivity contribution in [2.24, 2.45) is 10.2 Å². The number of anilines is 1. The minimum Gasteiger partial charge on any atom is -0.351 e. The number of nitrogens with zero attached hydrogens (tertiary/aromatic N) is 10. The first-order valence-electron chi connectivity index (χ1n) is 15.6. The van der Waals surface area contributed by atoms with E-state index < -0.39 is 6.04 Å². The SMILES string of the molecule is CC(CN=[N+]=[N-])N1CCN(C(=O)c2ccc(NC3=CC=C4C(N3)N(C3CCCCCC3)[C@H](CN=[N+]=[N-])C(=O)N4C)cc2)CC1. The Morgan fingerprint density at radius 3 is 2.36 bits per heavy atom. The van der Waals surface area contributed by atoms with Gasteiger partial charge < -0.3 is 20.4 Å². The van der Waals surface area contributed by atoms with Gasteiger partial charge in [-0.1, -0.05) is 35.9 Å². The highest BCUT2D eigenvalue weighted by molar-refractivity contribution is 5.94. The topological polar surface area (TPSA) is 169 Å². The van der Waals surface area contributed by atoms with E-state index in [1.165, 1.54) is 12.8 Å². The van der Waals surface area contributed by atoms with Crippen molar-refractivity contribution in [1.82, 2.24) is 24.9 Å². The van der Waals surface area contributed by atoms with Crippen LogP contribution in [0.4, 0.5) is 5.69 Å². The lowest BCUT2D eigenvalue weighted by atomic mass is 9.97.